The Morgan fingerprint density at radius 2 is 1.40 bits per heavy atom. The summed E-state index contributed by atoms with van der Waals surface area (Å²) in [5.74, 6) is -3.24. The van der Waals surface area contributed by atoms with Crippen LogP contribution in [0.15, 0.2) is 59.5 Å². The van der Waals surface area contributed by atoms with E-state index in [-0.39, 0.29) is 10.5 Å². The molecule has 2 amide bonds. The van der Waals surface area contributed by atoms with E-state index in [1.165, 1.54) is 53.2 Å². The van der Waals surface area contributed by atoms with E-state index in [0.29, 0.717) is 33.5 Å². The number of ether oxygens (including phenoxy) is 4. The third-order valence-corrected chi connectivity index (χ3v) is 8.20. The van der Waals surface area contributed by atoms with Crippen molar-refractivity contribution in [3.63, 3.8) is 0 Å². The van der Waals surface area contributed by atoms with Crippen LogP contribution in [0.3, 0.4) is 0 Å². The van der Waals surface area contributed by atoms with Crippen molar-refractivity contribution in [1.29, 1.82) is 0 Å². The van der Waals surface area contributed by atoms with Crippen molar-refractivity contribution in [2.24, 2.45) is 0 Å². The van der Waals surface area contributed by atoms with Crippen LogP contribution < -0.4 is 14.8 Å². The summed E-state index contributed by atoms with van der Waals surface area (Å²) in [7, 11) is -1.94. The Morgan fingerprint density at radius 1 is 0.809 bits per heavy atom. The SMILES string of the molecule is COc1ccc(-c2ccccc2S(=O)(=O)N(C[C@@H](Cc2cc(F)c(F)cc2F)NC(=O)OC(C)(C)C)C(=O)OC(C)(C)C)cc1OC. The lowest BCUT2D eigenvalue weighted by molar-refractivity contribution is 0.0351. The van der Waals surface area contributed by atoms with Crippen LogP contribution in [0.4, 0.5) is 22.8 Å². The van der Waals surface area contributed by atoms with Crippen LogP contribution in [-0.4, -0.2) is 62.9 Å². The summed E-state index contributed by atoms with van der Waals surface area (Å²) in [6.45, 7) is 8.52. The lowest BCUT2D eigenvalue weighted by Gasteiger charge is -2.31. The highest BCUT2D eigenvalue weighted by Crippen LogP contribution is 2.36. The van der Waals surface area contributed by atoms with Gasteiger partial charge in [0, 0.05) is 11.6 Å². The summed E-state index contributed by atoms with van der Waals surface area (Å²) in [5, 5.41) is 2.44. The number of halogens is 3. The highest BCUT2D eigenvalue weighted by Gasteiger charge is 2.37. The molecule has 47 heavy (non-hydrogen) atoms. The van der Waals surface area contributed by atoms with Crippen LogP contribution in [-0.2, 0) is 25.9 Å². The standard InChI is InChI=1S/C33H39F3N2O8S/c1-32(2,3)45-30(39)37-22(15-21-16-25(35)26(36)18-24(21)34)19-38(31(40)46-33(4,5)6)47(41,42)29-12-10-9-11-23(29)20-13-14-27(43-7)28(17-20)44-8/h9-14,16-18,22H,15,19H2,1-8H3,(H,37,39)/t22-/m1/s1. The van der Waals surface area contributed by atoms with Crippen molar-refractivity contribution in [3.05, 3.63) is 77.6 Å². The average Bonchev–Trinajstić information content (AvgIpc) is 2.96. The first-order valence-corrected chi connectivity index (χ1v) is 15.9. The molecule has 0 aromatic heterocycles. The van der Waals surface area contributed by atoms with Gasteiger partial charge in [0.05, 0.1) is 31.7 Å². The van der Waals surface area contributed by atoms with Gasteiger partial charge in [-0.3, -0.25) is 0 Å². The number of sulfonamides is 1. The summed E-state index contributed by atoms with van der Waals surface area (Å²) < 4.78 is 93.3. The molecule has 1 atom stereocenters. The van der Waals surface area contributed by atoms with Crippen LogP contribution in [0.1, 0.15) is 47.1 Å². The first-order chi connectivity index (χ1) is 21.8. The highest BCUT2D eigenvalue weighted by atomic mass is 32.2. The van der Waals surface area contributed by atoms with Crippen molar-refractivity contribution < 1.29 is 50.1 Å². The second-order valence-electron chi connectivity index (χ2n) is 12.5. The highest BCUT2D eigenvalue weighted by molar-refractivity contribution is 7.89. The molecule has 3 aromatic rings. The Balaban J connectivity index is 2.17. The molecule has 0 aliphatic carbocycles. The van der Waals surface area contributed by atoms with Crippen LogP contribution in [0.5, 0.6) is 11.5 Å². The Kier molecular flexibility index (Phi) is 11.4. The molecule has 0 fully saturated rings. The van der Waals surface area contributed by atoms with E-state index >= 15 is 0 Å². The lowest BCUT2D eigenvalue weighted by atomic mass is 10.0. The summed E-state index contributed by atoms with van der Waals surface area (Å²) in [4.78, 5) is 26.2. The zero-order valence-corrected chi connectivity index (χ0v) is 28.3. The van der Waals surface area contributed by atoms with Crippen LogP contribution in [0, 0.1) is 17.5 Å². The molecule has 0 heterocycles. The Bertz CT molecular complexity index is 1720. The molecule has 0 spiro atoms. The minimum atomic E-state index is -4.80. The quantitative estimate of drug-likeness (QED) is 0.231. The first kappa shape index (κ1) is 37.0. The number of amides is 2. The van der Waals surface area contributed by atoms with E-state index in [1.807, 2.05) is 0 Å². The predicted molar refractivity (Wildman–Crippen MR) is 168 cm³/mol. The number of rotatable bonds is 10. The molecule has 0 bridgehead atoms. The molecule has 0 aliphatic rings. The fraction of sp³-hybridized carbons (Fsp3) is 0.394. The molecule has 0 unspecified atom stereocenters. The fourth-order valence-electron chi connectivity index (χ4n) is 4.46. The zero-order chi connectivity index (χ0) is 35.3. The third kappa shape index (κ3) is 9.77. The Hall–Kier alpha value is -4.46. The number of carbonyl (C=O) groups is 2. The van der Waals surface area contributed by atoms with Gasteiger partial charge < -0.3 is 24.3 Å². The summed E-state index contributed by atoms with van der Waals surface area (Å²) in [6, 6.07) is 10.1. The average molecular weight is 681 g/mol. The molecule has 0 aliphatic heterocycles. The second kappa shape index (κ2) is 14.5. The number of nitrogens with zero attached hydrogens (tertiary/aromatic N) is 1. The number of carbonyl (C=O) groups excluding carboxylic acids is 2. The monoisotopic (exact) mass is 680 g/mol. The van der Waals surface area contributed by atoms with Crippen molar-refractivity contribution in [3.8, 4) is 22.6 Å². The molecule has 256 valence electrons. The van der Waals surface area contributed by atoms with Gasteiger partial charge in [0.1, 0.15) is 17.0 Å². The maximum Gasteiger partial charge on any atom is 0.424 e. The molecule has 3 rings (SSSR count). The molecule has 1 N–H and O–H groups in total. The molecular formula is C33H39F3N2O8S. The predicted octanol–water partition coefficient (Wildman–Crippen LogP) is 6.85. The molecule has 0 saturated carbocycles. The topological polar surface area (TPSA) is 120 Å². The Labute approximate surface area is 272 Å². The van der Waals surface area contributed by atoms with Crippen molar-refractivity contribution >= 4 is 22.2 Å². The molecule has 0 radical (unpaired) electrons. The number of alkyl carbamates (subject to hydrolysis) is 1. The van der Waals surface area contributed by atoms with Gasteiger partial charge in [-0.1, -0.05) is 24.3 Å². The first-order valence-electron chi connectivity index (χ1n) is 14.5. The van der Waals surface area contributed by atoms with Crippen molar-refractivity contribution in [2.45, 2.75) is 70.1 Å². The lowest BCUT2D eigenvalue weighted by Crippen LogP contribution is -2.51. The normalized spacial score (nSPS) is 12.6. The van der Waals surface area contributed by atoms with Gasteiger partial charge in [-0.05, 0) is 83.4 Å². The number of benzene rings is 3. The van der Waals surface area contributed by atoms with Gasteiger partial charge in [0.25, 0.3) is 10.0 Å². The largest absolute Gasteiger partial charge is 0.493 e. The summed E-state index contributed by atoms with van der Waals surface area (Å²) >= 11 is 0. The summed E-state index contributed by atoms with van der Waals surface area (Å²) in [6.07, 6.45) is -2.90. The number of nitrogens with one attached hydrogen (secondary N) is 1. The van der Waals surface area contributed by atoms with Crippen LogP contribution in [0.2, 0.25) is 0 Å². The second-order valence-corrected chi connectivity index (χ2v) is 14.3. The molecule has 14 heteroatoms. The maximum absolute atomic E-state index is 14.8. The summed E-state index contributed by atoms with van der Waals surface area (Å²) in [5.41, 5.74) is -1.95. The van der Waals surface area contributed by atoms with Crippen LogP contribution in [0.25, 0.3) is 11.1 Å². The van der Waals surface area contributed by atoms with E-state index < -0.39 is 75.4 Å². The van der Waals surface area contributed by atoms with Gasteiger partial charge >= 0.3 is 12.2 Å². The minimum absolute atomic E-state index is 0.185. The van der Waals surface area contributed by atoms with Gasteiger partial charge in [-0.2, -0.15) is 4.31 Å². The number of hydrogen-bond donors (Lipinski definition) is 1. The maximum atomic E-state index is 14.8. The van der Waals surface area contributed by atoms with Crippen molar-refractivity contribution in [2.75, 3.05) is 20.8 Å². The van der Waals surface area contributed by atoms with Gasteiger partial charge in [0.2, 0.25) is 0 Å². The minimum Gasteiger partial charge on any atom is -0.493 e. The van der Waals surface area contributed by atoms with Crippen LogP contribution >= 0.6 is 0 Å². The smallest absolute Gasteiger partial charge is 0.424 e. The van der Waals surface area contributed by atoms with Gasteiger partial charge in [0.15, 0.2) is 23.1 Å². The van der Waals surface area contributed by atoms with E-state index in [1.54, 1.807) is 45.0 Å². The van der Waals surface area contributed by atoms with E-state index in [2.05, 4.69) is 5.32 Å². The molecule has 10 nitrogen and oxygen atoms in total. The van der Waals surface area contributed by atoms with Gasteiger partial charge in [-0.25, -0.2) is 31.2 Å². The zero-order valence-electron chi connectivity index (χ0n) is 27.4. The molecule has 0 saturated heterocycles. The Morgan fingerprint density at radius 3 is 2.00 bits per heavy atom. The van der Waals surface area contributed by atoms with E-state index in [4.69, 9.17) is 18.9 Å². The number of methoxy groups -OCH3 is 2. The third-order valence-electron chi connectivity index (χ3n) is 6.41. The fourth-order valence-corrected chi connectivity index (χ4v) is 6.02. The number of hydrogen-bond acceptors (Lipinski definition) is 8. The van der Waals surface area contributed by atoms with E-state index in [9.17, 15) is 31.2 Å². The van der Waals surface area contributed by atoms with Gasteiger partial charge in [-0.15, -0.1) is 0 Å². The molecular weight excluding hydrogens is 641 g/mol. The van der Waals surface area contributed by atoms with Crippen molar-refractivity contribution in [1.82, 2.24) is 9.62 Å². The van der Waals surface area contributed by atoms with E-state index in [0.717, 1.165) is 0 Å². The molecule has 3 aromatic carbocycles.